The summed E-state index contributed by atoms with van der Waals surface area (Å²) in [5, 5.41) is 3.80. The van der Waals surface area contributed by atoms with Crippen LogP contribution in [0.15, 0.2) is 42.5 Å². The first-order valence-electron chi connectivity index (χ1n) is 9.12. The summed E-state index contributed by atoms with van der Waals surface area (Å²) < 4.78 is 0. The van der Waals surface area contributed by atoms with Gasteiger partial charge in [0.2, 0.25) is 5.91 Å². The number of nitrogens with one attached hydrogen (secondary N) is 1. The zero-order chi connectivity index (χ0) is 19.2. The number of likely N-dealkylation sites (tertiary alicyclic amines) is 1. The average Bonchev–Trinajstić information content (AvgIpc) is 2.70. The van der Waals surface area contributed by atoms with Crippen LogP contribution >= 0.6 is 23.2 Å². The molecule has 1 aliphatic heterocycles. The van der Waals surface area contributed by atoms with E-state index in [1.54, 1.807) is 18.2 Å². The minimum atomic E-state index is -0.0955. The molecular weight excluding hydrogens is 383 g/mol. The lowest BCUT2D eigenvalue weighted by Crippen LogP contribution is -2.35. The summed E-state index contributed by atoms with van der Waals surface area (Å²) >= 11 is 11.9. The van der Waals surface area contributed by atoms with Crippen LogP contribution in [0.1, 0.15) is 40.7 Å². The van der Waals surface area contributed by atoms with E-state index < -0.39 is 0 Å². The van der Waals surface area contributed by atoms with Crippen molar-refractivity contribution in [1.29, 1.82) is 0 Å². The van der Waals surface area contributed by atoms with Crippen molar-refractivity contribution in [1.82, 2.24) is 10.2 Å². The Hall–Kier alpha value is -2.04. The Balaban J connectivity index is 1.51. The number of hydrogen-bond acceptors (Lipinski definition) is 2. The van der Waals surface area contributed by atoms with E-state index in [1.165, 1.54) is 6.42 Å². The fourth-order valence-corrected chi connectivity index (χ4v) is 3.46. The van der Waals surface area contributed by atoms with Crippen LogP contribution < -0.4 is 5.32 Å². The first-order chi connectivity index (χ1) is 13.0. The molecule has 1 fully saturated rings. The molecule has 0 spiro atoms. The molecule has 4 nitrogen and oxygen atoms in total. The lowest BCUT2D eigenvalue weighted by Gasteiger charge is -2.26. The van der Waals surface area contributed by atoms with Gasteiger partial charge in [-0.25, -0.2) is 0 Å². The molecule has 0 radical (unpaired) electrons. The number of amides is 2. The number of hydrogen-bond donors (Lipinski definition) is 1. The lowest BCUT2D eigenvalue weighted by atomic mass is 10.1. The number of piperidine rings is 1. The Morgan fingerprint density at radius 3 is 2.22 bits per heavy atom. The summed E-state index contributed by atoms with van der Waals surface area (Å²) in [7, 11) is 0. The average molecular weight is 405 g/mol. The van der Waals surface area contributed by atoms with Crippen molar-refractivity contribution in [3.8, 4) is 0 Å². The predicted octanol–water partition coefficient (Wildman–Crippen LogP) is 4.48. The standard InChI is InChI=1S/C21H22Cl2N2O2/c22-18-9-6-16(12-19(18)23)13-20(26)24-14-15-4-7-17(8-5-15)21(27)25-10-2-1-3-11-25/h4-9,12H,1-3,10-11,13-14H2,(H,24,26). The minimum absolute atomic E-state index is 0.0879. The topological polar surface area (TPSA) is 49.4 Å². The second kappa shape index (κ2) is 9.25. The highest BCUT2D eigenvalue weighted by molar-refractivity contribution is 6.42. The van der Waals surface area contributed by atoms with Gasteiger partial charge in [0.1, 0.15) is 0 Å². The molecule has 0 atom stereocenters. The van der Waals surface area contributed by atoms with E-state index in [4.69, 9.17) is 23.2 Å². The number of carbonyl (C=O) groups is 2. The molecule has 1 aliphatic rings. The van der Waals surface area contributed by atoms with Crippen molar-refractivity contribution in [2.45, 2.75) is 32.2 Å². The molecular formula is C21H22Cl2N2O2. The molecule has 0 aromatic heterocycles. The number of nitrogens with zero attached hydrogens (tertiary/aromatic N) is 1. The van der Waals surface area contributed by atoms with Crippen LogP contribution in [0.25, 0.3) is 0 Å². The molecule has 0 aliphatic carbocycles. The molecule has 6 heteroatoms. The predicted molar refractivity (Wildman–Crippen MR) is 108 cm³/mol. The first-order valence-corrected chi connectivity index (χ1v) is 9.87. The van der Waals surface area contributed by atoms with Crippen molar-refractivity contribution in [3.05, 3.63) is 69.2 Å². The second-order valence-corrected chi connectivity index (χ2v) is 7.57. The number of halogens is 2. The third-order valence-corrected chi connectivity index (χ3v) is 5.42. The smallest absolute Gasteiger partial charge is 0.253 e. The van der Waals surface area contributed by atoms with E-state index in [-0.39, 0.29) is 18.2 Å². The van der Waals surface area contributed by atoms with Gasteiger partial charge in [0.05, 0.1) is 16.5 Å². The van der Waals surface area contributed by atoms with Crippen LogP contribution in [0.3, 0.4) is 0 Å². The zero-order valence-electron chi connectivity index (χ0n) is 15.0. The van der Waals surface area contributed by atoms with Crippen LogP contribution in [0.4, 0.5) is 0 Å². The van der Waals surface area contributed by atoms with E-state index in [1.807, 2.05) is 29.2 Å². The van der Waals surface area contributed by atoms with Crippen LogP contribution in [-0.2, 0) is 17.8 Å². The van der Waals surface area contributed by atoms with Gasteiger partial charge in [0.25, 0.3) is 5.91 Å². The molecule has 2 aromatic carbocycles. The van der Waals surface area contributed by atoms with Gasteiger partial charge in [-0.2, -0.15) is 0 Å². The quantitative estimate of drug-likeness (QED) is 0.798. The maximum atomic E-state index is 12.5. The van der Waals surface area contributed by atoms with Crippen molar-refractivity contribution in [2.24, 2.45) is 0 Å². The Morgan fingerprint density at radius 1 is 0.889 bits per heavy atom. The highest BCUT2D eigenvalue weighted by Crippen LogP contribution is 2.22. The summed E-state index contributed by atoms with van der Waals surface area (Å²) in [6.07, 6.45) is 3.59. The molecule has 0 bridgehead atoms. The van der Waals surface area contributed by atoms with Gasteiger partial charge in [0.15, 0.2) is 0 Å². The van der Waals surface area contributed by atoms with Crippen LogP contribution in [-0.4, -0.2) is 29.8 Å². The molecule has 142 valence electrons. The Bertz CT molecular complexity index is 815. The molecule has 2 amide bonds. The van der Waals surface area contributed by atoms with Crippen molar-refractivity contribution >= 4 is 35.0 Å². The highest BCUT2D eigenvalue weighted by atomic mass is 35.5. The largest absolute Gasteiger partial charge is 0.352 e. The zero-order valence-corrected chi connectivity index (χ0v) is 16.5. The Morgan fingerprint density at radius 2 is 1.56 bits per heavy atom. The second-order valence-electron chi connectivity index (χ2n) is 6.75. The van der Waals surface area contributed by atoms with E-state index >= 15 is 0 Å². The SMILES string of the molecule is O=C(Cc1ccc(Cl)c(Cl)c1)NCc1ccc(C(=O)N2CCCCC2)cc1. The van der Waals surface area contributed by atoms with Crippen molar-refractivity contribution in [2.75, 3.05) is 13.1 Å². The van der Waals surface area contributed by atoms with E-state index in [0.29, 0.717) is 22.2 Å². The number of carbonyl (C=O) groups excluding carboxylic acids is 2. The fraction of sp³-hybridized carbons (Fsp3) is 0.333. The van der Waals surface area contributed by atoms with Crippen molar-refractivity contribution < 1.29 is 9.59 Å². The molecule has 0 unspecified atom stereocenters. The van der Waals surface area contributed by atoms with Gasteiger partial charge >= 0.3 is 0 Å². The third kappa shape index (κ3) is 5.47. The summed E-state index contributed by atoms with van der Waals surface area (Å²) in [6, 6.07) is 12.6. The van der Waals surface area contributed by atoms with Gasteiger partial charge in [-0.05, 0) is 54.7 Å². The number of benzene rings is 2. The first kappa shape index (κ1) is 19.7. The summed E-state index contributed by atoms with van der Waals surface area (Å²) in [4.78, 5) is 26.5. The van der Waals surface area contributed by atoms with Crippen LogP contribution in [0.2, 0.25) is 10.0 Å². The number of rotatable bonds is 5. The maximum absolute atomic E-state index is 12.5. The Labute approximate surface area is 169 Å². The highest BCUT2D eigenvalue weighted by Gasteiger charge is 2.17. The normalized spacial score (nSPS) is 14.1. The molecule has 27 heavy (non-hydrogen) atoms. The monoisotopic (exact) mass is 404 g/mol. The van der Waals surface area contributed by atoms with E-state index in [9.17, 15) is 9.59 Å². The molecule has 2 aromatic rings. The molecule has 1 saturated heterocycles. The fourth-order valence-electron chi connectivity index (χ4n) is 3.14. The van der Waals surface area contributed by atoms with Gasteiger partial charge in [-0.15, -0.1) is 0 Å². The van der Waals surface area contributed by atoms with Crippen LogP contribution in [0, 0.1) is 0 Å². The van der Waals surface area contributed by atoms with Gasteiger partial charge in [0, 0.05) is 25.2 Å². The van der Waals surface area contributed by atoms with Crippen LogP contribution in [0.5, 0.6) is 0 Å². The lowest BCUT2D eigenvalue weighted by molar-refractivity contribution is -0.120. The summed E-state index contributed by atoms with van der Waals surface area (Å²) in [6.45, 7) is 2.09. The third-order valence-electron chi connectivity index (χ3n) is 4.68. The molecule has 1 N–H and O–H groups in total. The minimum Gasteiger partial charge on any atom is -0.352 e. The van der Waals surface area contributed by atoms with Gasteiger partial charge in [-0.1, -0.05) is 41.4 Å². The van der Waals surface area contributed by atoms with Gasteiger partial charge < -0.3 is 10.2 Å². The Kier molecular flexibility index (Phi) is 6.75. The maximum Gasteiger partial charge on any atom is 0.253 e. The summed E-state index contributed by atoms with van der Waals surface area (Å²) in [5.41, 5.74) is 2.46. The molecule has 1 heterocycles. The summed E-state index contributed by atoms with van der Waals surface area (Å²) in [5.74, 6) is -0.00763. The molecule has 3 rings (SSSR count). The van der Waals surface area contributed by atoms with E-state index in [0.717, 1.165) is 37.1 Å². The molecule has 0 saturated carbocycles. The van der Waals surface area contributed by atoms with Gasteiger partial charge in [-0.3, -0.25) is 9.59 Å². The van der Waals surface area contributed by atoms with E-state index in [2.05, 4.69) is 5.32 Å². The van der Waals surface area contributed by atoms with Crippen molar-refractivity contribution in [3.63, 3.8) is 0 Å².